The number of anilines is 1. The number of aromatic nitrogens is 2. The number of para-hydroxylation sites is 1. The molecule has 1 aliphatic heterocycles. The van der Waals surface area contributed by atoms with Gasteiger partial charge in [0.25, 0.3) is 0 Å². The normalized spacial score (nSPS) is 16.4. The van der Waals surface area contributed by atoms with Gasteiger partial charge in [0, 0.05) is 12.4 Å². The van der Waals surface area contributed by atoms with Crippen molar-refractivity contribution >= 4 is 21.0 Å². The zero-order valence-electron chi connectivity index (χ0n) is 15.0. The fourth-order valence-corrected chi connectivity index (χ4v) is 4.52. The van der Waals surface area contributed by atoms with Gasteiger partial charge in [0.1, 0.15) is 6.61 Å². The molecule has 0 bridgehead atoms. The number of hydrogen-bond acceptors (Lipinski definition) is 5. The second kappa shape index (κ2) is 7.47. The summed E-state index contributed by atoms with van der Waals surface area (Å²) in [6.45, 7) is 0.0372. The largest absolute Gasteiger partial charge is 0.448 e. The molecule has 0 unspecified atom stereocenters. The monoisotopic (exact) mass is 397 g/mol. The van der Waals surface area contributed by atoms with Crippen LogP contribution in [0.15, 0.2) is 73.3 Å². The molecule has 0 spiro atoms. The zero-order valence-corrected chi connectivity index (χ0v) is 15.8. The van der Waals surface area contributed by atoms with E-state index in [2.05, 4.69) is 4.98 Å². The van der Waals surface area contributed by atoms with Crippen LogP contribution in [0.25, 0.3) is 0 Å². The summed E-state index contributed by atoms with van der Waals surface area (Å²) in [5, 5.41) is -1.25. The van der Waals surface area contributed by atoms with Crippen LogP contribution in [0.1, 0.15) is 17.2 Å². The second-order valence-corrected chi connectivity index (χ2v) is 8.28. The molecule has 2 heterocycles. The first kappa shape index (κ1) is 18.2. The Balaban J connectivity index is 1.60. The minimum absolute atomic E-state index is 0.0979. The first-order chi connectivity index (χ1) is 13.6. The highest BCUT2D eigenvalue weighted by molar-refractivity contribution is 8.06. The molecule has 1 aromatic heterocycles. The predicted molar refractivity (Wildman–Crippen MR) is 104 cm³/mol. The highest BCUT2D eigenvalue weighted by atomic mass is 32.2. The summed E-state index contributed by atoms with van der Waals surface area (Å²) >= 11 is 0. The third-order valence-corrected chi connectivity index (χ3v) is 6.20. The number of carbonyl (C=O) groups is 1. The van der Waals surface area contributed by atoms with Crippen molar-refractivity contribution < 1.29 is 17.9 Å². The first-order valence-electron chi connectivity index (χ1n) is 8.84. The van der Waals surface area contributed by atoms with E-state index in [9.17, 15) is 13.2 Å². The molecular weight excluding hydrogens is 378 g/mol. The van der Waals surface area contributed by atoms with Crippen LogP contribution in [0.4, 0.5) is 10.5 Å². The van der Waals surface area contributed by atoms with Gasteiger partial charge in [0.15, 0.2) is 0 Å². The van der Waals surface area contributed by atoms with Gasteiger partial charge in [-0.3, -0.25) is 4.31 Å². The summed E-state index contributed by atoms with van der Waals surface area (Å²) in [4.78, 5) is 16.5. The number of sulfonamides is 1. The number of rotatable bonds is 4. The number of ether oxygens (including phenoxy) is 1. The molecule has 1 aliphatic rings. The van der Waals surface area contributed by atoms with Crippen molar-refractivity contribution in [2.45, 2.75) is 19.1 Å². The summed E-state index contributed by atoms with van der Waals surface area (Å²) in [6, 6.07) is 16.0. The van der Waals surface area contributed by atoms with Crippen LogP contribution in [0.5, 0.6) is 0 Å². The molecule has 0 saturated heterocycles. The molecule has 1 atom stereocenters. The minimum Gasteiger partial charge on any atom is -0.448 e. The highest BCUT2D eigenvalue weighted by Gasteiger charge is 2.38. The lowest BCUT2D eigenvalue weighted by atomic mass is 10.00. The average molecular weight is 397 g/mol. The van der Waals surface area contributed by atoms with Crippen LogP contribution in [0.2, 0.25) is 0 Å². The van der Waals surface area contributed by atoms with Crippen LogP contribution >= 0.6 is 0 Å². The van der Waals surface area contributed by atoms with E-state index >= 15 is 0 Å². The van der Waals surface area contributed by atoms with Crippen molar-refractivity contribution in [1.82, 2.24) is 9.55 Å². The molecule has 144 valence electrons. The van der Waals surface area contributed by atoms with Crippen LogP contribution < -0.4 is 4.31 Å². The van der Waals surface area contributed by atoms with Crippen LogP contribution in [0.3, 0.4) is 0 Å². The standard InChI is InChI=1S/C20H19N3O4S/c24-20(27-14-16-6-2-1-3-7-16)28(25,26)23-13-18(22-11-10-21-15-22)12-17-8-4-5-9-19(17)23/h1-11,15,18H,12-14H2/t18-/m1/s1. The molecule has 3 aromatic rings. The smallest absolute Gasteiger partial charge is 0.445 e. The van der Waals surface area contributed by atoms with Crippen molar-refractivity contribution in [3.63, 3.8) is 0 Å². The Morgan fingerprint density at radius 2 is 1.86 bits per heavy atom. The Hall–Kier alpha value is -3.13. The van der Waals surface area contributed by atoms with Crippen molar-refractivity contribution in [2.75, 3.05) is 10.8 Å². The van der Waals surface area contributed by atoms with Gasteiger partial charge in [-0.1, -0.05) is 48.5 Å². The van der Waals surface area contributed by atoms with E-state index in [0.717, 1.165) is 15.4 Å². The molecule has 0 saturated carbocycles. The van der Waals surface area contributed by atoms with Crippen LogP contribution in [-0.2, 0) is 27.8 Å². The van der Waals surface area contributed by atoms with Gasteiger partial charge in [0.05, 0.1) is 24.6 Å². The van der Waals surface area contributed by atoms with Crippen molar-refractivity contribution in [3.05, 3.63) is 84.4 Å². The predicted octanol–water partition coefficient (Wildman–Crippen LogP) is 3.15. The molecule has 0 aliphatic carbocycles. The maximum atomic E-state index is 13.0. The molecule has 0 radical (unpaired) electrons. The maximum absolute atomic E-state index is 13.0. The van der Waals surface area contributed by atoms with Crippen molar-refractivity contribution in [3.8, 4) is 0 Å². The van der Waals surface area contributed by atoms with Gasteiger partial charge in [0.2, 0.25) is 0 Å². The molecule has 2 aromatic carbocycles. The molecule has 0 amide bonds. The third kappa shape index (κ3) is 3.50. The Bertz CT molecular complexity index is 1070. The molecule has 8 heteroatoms. The van der Waals surface area contributed by atoms with Gasteiger partial charge in [-0.2, -0.15) is 8.42 Å². The first-order valence-corrected chi connectivity index (χ1v) is 10.3. The number of nitrogens with zero attached hydrogens (tertiary/aromatic N) is 3. The van der Waals surface area contributed by atoms with E-state index in [0.29, 0.717) is 12.1 Å². The molecule has 7 nitrogen and oxygen atoms in total. The average Bonchev–Trinajstić information content (AvgIpc) is 3.26. The third-order valence-electron chi connectivity index (χ3n) is 4.74. The lowest BCUT2D eigenvalue weighted by Gasteiger charge is -2.34. The Morgan fingerprint density at radius 3 is 2.61 bits per heavy atom. The van der Waals surface area contributed by atoms with Gasteiger partial charge < -0.3 is 9.30 Å². The Kier molecular flexibility index (Phi) is 4.87. The maximum Gasteiger partial charge on any atom is 0.445 e. The lowest BCUT2D eigenvalue weighted by Crippen LogP contribution is -2.43. The van der Waals surface area contributed by atoms with Crippen LogP contribution in [-0.4, -0.2) is 29.8 Å². The molecule has 28 heavy (non-hydrogen) atoms. The Morgan fingerprint density at radius 1 is 1.11 bits per heavy atom. The van der Waals surface area contributed by atoms with Crippen molar-refractivity contribution in [2.24, 2.45) is 0 Å². The van der Waals surface area contributed by atoms with Gasteiger partial charge >= 0.3 is 15.3 Å². The molecular formula is C20H19N3O4S. The van der Waals surface area contributed by atoms with E-state index in [-0.39, 0.29) is 19.2 Å². The number of benzene rings is 2. The fourth-order valence-electron chi connectivity index (χ4n) is 3.33. The van der Waals surface area contributed by atoms with Gasteiger partial charge in [-0.05, 0) is 23.6 Å². The van der Waals surface area contributed by atoms with E-state index in [1.54, 1.807) is 55.1 Å². The topological polar surface area (TPSA) is 81.5 Å². The van der Waals surface area contributed by atoms with E-state index in [4.69, 9.17) is 4.74 Å². The lowest BCUT2D eigenvalue weighted by molar-refractivity contribution is 0.165. The number of imidazole rings is 1. The summed E-state index contributed by atoms with van der Waals surface area (Å²) in [6.07, 6.45) is 5.74. The van der Waals surface area contributed by atoms with E-state index in [1.807, 2.05) is 22.8 Å². The highest BCUT2D eigenvalue weighted by Crippen LogP contribution is 2.34. The minimum atomic E-state index is -4.33. The molecule has 0 N–H and O–H groups in total. The van der Waals surface area contributed by atoms with Crippen molar-refractivity contribution in [1.29, 1.82) is 0 Å². The summed E-state index contributed by atoms with van der Waals surface area (Å²) in [5.41, 5.74) is 2.09. The number of carbonyl (C=O) groups excluding carboxylic acids is 1. The SMILES string of the molecule is O=C(OCc1ccccc1)S(=O)(=O)N1C[C@H](n2ccnc2)Cc2ccccc21. The van der Waals surface area contributed by atoms with Gasteiger partial charge in [-0.15, -0.1) is 0 Å². The summed E-state index contributed by atoms with van der Waals surface area (Å²) in [7, 11) is -4.33. The van der Waals surface area contributed by atoms with E-state index < -0.39 is 15.3 Å². The Labute approximate surface area is 163 Å². The molecule has 4 rings (SSSR count). The number of hydrogen-bond donors (Lipinski definition) is 0. The summed E-state index contributed by atoms with van der Waals surface area (Å²) < 4.78 is 34.1. The quantitative estimate of drug-likeness (QED) is 0.632. The van der Waals surface area contributed by atoms with Crippen LogP contribution in [0, 0.1) is 0 Å². The fraction of sp³-hybridized carbons (Fsp3) is 0.200. The van der Waals surface area contributed by atoms with Gasteiger partial charge in [-0.25, -0.2) is 9.78 Å². The summed E-state index contributed by atoms with van der Waals surface area (Å²) in [5.74, 6) is 0. The van der Waals surface area contributed by atoms with E-state index in [1.165, 1.54) is 0 Å². The second-order valence-electron chi connectivity index (χ2n) is 6.56. The molecule has 0 fully saturated rings. The number of fused-ring (bicyclic) bond motifs is 1. The zero-order chi connectivity index (χ0) is 19.6.